The number of nitrogens with zero attached hydrogens (tertiary/aromatic N) is 1. The van der Waals surface area contributed by atoms with Gasteiger partial charge in [-0.2, -0.15) is 0 Å². The number of carbonyl (C=O) groups is 2. The molecule has 3 atom stereocenters. The maximum absolute atomic E-state index is 12.2. The van der Waals surface area contributed by atoms with E-state index in [2.05, 4.69) is 7.05 Å². The minimum Gasteiger partial charge on any atom is -0.465 e. The SMILES string of the molecule is CCOC(=O)C(C[C@@H]1CCC[N+]2(C)CCCCC12)C(=O)OCC. The van der Waals surface area contributed by atoms with Crippen molar-refractivity contribution in [1.82, 2.24) is 0 Å². The van der Waals surface area contributed by atoms with Gasteiger partial charge < -0.3 is 14.0 Å². The standard InChI is InChI=1S/C18H32NO4/c1-4-22-17(20)15(18(21)23-5-2)13-14-9-8-12-19(3)11-7-6-10-16(14)19/h14-16H,4-13H2,1-3H3/q+1/t14-,16?,19?/m0/s1. The molecule has 0 N–H and O–H groups in total. The molecule has 2 heterocycles. The van der Waals surface area contributed by atoms with E-state index in [1.54, 1.807) is 13.8 Å². The first-order chi connectivity index (χ1) is 11.0. The Morgan fingerprint density at radius 3 is 2.22 bits per heavy atom. The normalized spacial score (nSPS) is 30.6. The number of hydrogen-bond acceptors (Lipinski definition) is 4. The lowest BCUT2D eigenvalue weighted by Gasteiger charge is -2.51. The second-order valence-corrected chi connectivity index (χ2v) is 7.18. The summed E-state index contributed by atoms with van der Waals surface area (Å²) in [7, 11) is 2.35. The monoisotopic (exact) mass is 326 g/mol. The third kappa shape index (κ3) is 4.25. The molecule has 0 aromatic carbocycles. The van der Waals surface area contributed by atoms with Gasteiger partial charge in [0.2, 0.25) is 0 Å². The molecule has 0 aliphatic carbocycles. The summed E-state index contributed by atoms with van der Waals surface area (Å²) in [6.45, 7) is 6.61. The quantitative estimate of drug-likeness (QED) is 0.427. The largest absolute Gasteiger partial charge is 0.465 e. The van der Waals surface area contributed by atoms with Crippen LogP contribution in [0.15, 0.2) is 0 Å². The molecule has 5 nitrogen and oxygen atoms in total. The molecule has 2 unspecified atom stereocenters. The van der Waals surface area contributed by atoms with Crippen LogP contribution in [0.3, 0.4) is 0 Å². The highest BCUT2D eigenvalue weighted by atomic mass is 16.6. The van der Waals surface area contributed by atoms with E-state index in [9.17, 15) is 9.59 Å². The summed E-state index contributed by atoms with van der Waals surface area (Å²) in [4.78, 5) is 24.5. The maximum Gasteiger partial charge on any atom is 0.320 e. The predicted octanol–water partition coefficient (Wildman–Crippen LogP) is 2.53. The lowest BCUT2D eigenvalue weighted by Crippen LogP contribution is -2.61. The highest BCUT2D eigenvalue weighted by Crippen LogP contribution is 2.39. The highest BCUT2D eigenvalue weighted by molar-refractivity contribution is 5.94. The minimum atomic E-state index is -0.756. The van der Waals surface area contributed by atoms with Crippen molar-refractivity contribution in [2.24, 2.45) is 11.8 Å². The molecule has 2 fully saturated rings. The molecule has 2 rings (SSSR count). The molecular formula is C18H32NO4+. The van der Waals surface area contributed by atoms with Crippen LogP contribution < -0.4 is 0 Å². The van der Waals surface area contributed by atoms with Crippen LogP contribution in [0.1, 0.15) is 52.4 Å². The number of piperidine rings is 2. The molecule has 23 heavy (non-hydrogen) atoms. The van der Waals surface area contributed by atoms with Gasteiger partial charge in [0.1, 0.15) is 0 Å². The Kier molecular flexibility index (Phi) is 6.45. The van der Waals surface area contributed by atoms with Crippen molar-refractivity contribution in [3.63, 3.8) is 0 Å². The third-order valence-electron chi connectivity index (χ3n) is 5.69. The summed E-state index contributed by atoms with van der Waals surface area (Å²) in [5.41, 5.74) is 0. The van der Waals surface area contributed by atoms with Crippen LogP contribution in [-0.2, 0) is 19.1 Å². The van der Waals surface area contributed by atoms with Gasteiger partial charge in [-0.1, -0.05) is 0 Å². The zero-order valence-electron chi connectivity index (χ0n) is 14.9. The van der Waals surface area contributed by atoms with Crippen molar-refractivity contribution >= 4 is 11.9 Å². The van der Waals surface area contributed by atoms with Gasteiger partial charge in [-0.25, -0.2) is 0 Å². The Morgan fingerprint density at radius 1 is 1.00 bits per heavy atom. The lowest BCUT2D eigenvalue weighted by atomic mass is 9.77. The first kappa shape index (κ1) is 18.2. The van der Waals surface area contributed by atoms with Crippen LogP contribution in [0.5, 0.6) is 0 Å². The fraction of sp³-hybridized carbons (Fsp3) is 0.889. The van der Waals surface area contributed by atoms with E-state index < -0.39 is 17.9 Å². The Hall–Kier alpha value is -1.10. The first-order valence-electron chi connectivity index (χ1n) is 9.19. The molecule has 2 saturated heterocycles. The van der Waals surface area contributed by atoms with E-state index in [4.69, 9.17) is 9.47 Å². The van der Waals surface area contributed by atoms with Crippen molar-refractivity contribution in [1.29, 1.82) is 0 Å². The Balaban J connectivity index is 2.10. The van der Waals surface area contributed by atoms with Crippen LogP contribution in [0.2, 0.25) is 0 Å². The van der Waals surface area contributed by atoms with E-state index in [1.165, 1.54) is 38.8 Å². The Bertz CT molecular complexity index is 403. The van der Waals surface area contributed by atoms with Crippen molar-refractivity contribution in [3.05, 3.63) is 0 Å². The summed E-state index contributed by atoms with van der Waals surface area (Å²) in [5.74, 6) is -1.18. The minimum absolute atomic E-state index is 0.302. The van der Waals surface area contributed by atoms with Gasteiger partial charge >= 0.3 is 11.9 Å². The number of ether oxygens (including phenoxy) is 2. The van der Waals surface area contributed by atoms with Gasteiger partial charge in [-0.15, -0.1) is 0 Å². The van der Waals surface area contributed by atoms with Crippen molar-refractivity contribution < 1.29 is 23.5 Å². The van der Waals surface area contributed by atoms with Gasteiger partial charge in [0, 0.05) is 5.92 Å². The predicted molar refractivity (Wildman–Crippen MR) is 87.7 cm³/mol. The van der Waals surface area contributed by atoms with E-state index in [1.807, 2.05) is 0 Å². The zero-order chi connectivity index (χ0) is 16.9. The molecule has 2 aliphatic heterocycles. The Morgan fingerprint density at radius 2 is 1.61 bits per heavy atom. The molecule has 0 spiro atoms. The Labute approximate surface area is 139 Å². The van der Waals surface area contributed by atoms with E-state index >= 15 is 0 Å². The van der Waals surface area contributed by atoms with E-state index in [-0.39, 0.29) is 0 Å². The molecule has 132 valence electrons. The van der Waals surface area contributed by atoms with Crippen LogP contribution >= 0.6 is 0 Å². The summed E-state index contributed by atoms with van der Waals surface area (Å²) >= 11 is 0. The molecule has 0 aromatic rings. The summed E-state index contributed by atoms with van der Waals surface area (Å²) < 4.78 is 11.4. The summed E-state index contributed by atoms with van der Waals surface area (Å²) in [6, 6.07) is 0.573. The van der Waals surface area contributed by atoms with Crippen molar-refractivity contribution in [2.45, 2.75) is 58.4 Å². The molecule has 2 aliphatic rings. The van der Waals surface area contributed by atoms with Gasteiger partial charge in [0.25, 0.3) is 0 Å². The number of hydrogen-bond donors (Lipinski definition) is 0. The fourth-order valence-electron chi connectivity index (χ4n) is 4.59. The first-order valence-corrected chi connectivity index (χ1v) is 9.19. The molecule has 0 saturated carbocycles. The van der Waals surface area contributed by atoms with Gasteiger partial charge in [0.15, 0.2) is 5.92 Å². The van der Waals surface area contributed by atoms with E-state index in [0.717, 1.165) is 10.9 Å². The molecule has 0 radical (unpaired) electrons. The van der Waals surface area contributed by atoms with Crippen LogP contribution in [0.25, 0.3) is 0 Å². The molecule has 5 heteroatoms. The molecule has 0 bridgehead atoms. The van der Waals surface area contributed by atoms with Gasteiger partial charge in [-0.05, 0) is 52.4 Å². The average molecular weight is 326 g/mol. The van der Waals surface area contributed by atoms with Crippen LogP contribution in [0.4, 0.5) is 0 Å². The van der Waals surface area contributed by atoms with Crippen LogP contribution in [0, 0.1) is 11.8 Å². The number of esters is 2. The van der Waals surface area contributed by atoms with Crippen LogP contribution in [-0.4, -0.2) is 55.8 Å². The summed E-state index contributed by atoms with van der Waals surface area (Å²) in [6.07, 6.45) is 6.62. The number of rotatable bonds is 6. The van der Waals surface area contributed by atoms with Crippen molar-refractivity contribution in [3.8, 4) is 0 Å². The van der Waals surface area contributed by atoms with Gasteiger partial charge in [-0.3, -0.25) is 9.59 Å². The number of fused-ring (bicyclic) bond motifs is 1. The smallest absolute Gasteiger partial charge is 0.320 e. The average Bonchev–Trinajstić information content (AvgIpc) is 2.52. The second kappa shape index (κ2) is 8.13. The zero-order valence-corrected chi connectivity index (χ0v) is 14.9. The number of quaternary nitrogens is 1. The lowest BCUT2D eigenvalue weighted by molar-refractivity contribution is -0.947. The summed E-state index contributed by atoms with van der Waals surface area (Å²) in [5, 5.41) is 0. The molecule has 0 amide bonds. The van der Waals surface area contributed by atoms with Gasteiger partial charge in [0.05, 0.1) is 39.4 Å². The number of carbonyl (C=O) groups excluding carboxylic acids is 2. The fourth-order valence-corrected chi connectivity index (χ4v) is 4.59. The van der Waals surface area contributed by atoms with E-state index in [0.29, 0.717) is 31.6 Å². The molecule has 0 aromatic heterocycles. The maximum atomic E-state index is 12.2. The topological polar surface area (TPSA) is 52.6 Å². The highest BCUT2D eigenvalue weighted by Gasteiger charge is 2.46. The second-order valence-electron chi connectivity index (χ2n) is 7.18. The molecular weight excluding hydrogens is 294 g/mol. The van der Waals surface area contributed by atoms with Crippen molar-refractivity contribution in [2.75, 3.05) is 33.4 Å². The third-order valence-corrected chi connectivity index (χ3v) is 5.69.